The number of sulfonamides is 1. The first-order valence-corrected chi connectivity index (χ1v) is 10.3. The van der Waals surface area contributed by atoms with Crippen LogP contribution < -0.4 is 10.5 Å². The molecule has 0 unspecified atom stereocenters. The summed E-state index contributed by atoms with van der Waals surface area (Å²) in [4.78, 5) is 8.29. The maximum absolute atomic E-state index is 13.0. The fourth-order valence-electron chi connectivity index (χ4n) is 4.53. The van der Waals surface area contributed by atoms with Crippen LogP contribution in [0.15, 0.2) is 41.7 Å². The lowest BCUT2D eigenvalue weighted by Gasteiger charge is -2.43. The summed E-state index contributed by atoms with van der Waals surface area (Å²) in [6, 6.07) is 8.96. The molecule has 10 heteroatoms. The second-order valence-corrected chi connectivity index (χ2v) is 9.37. The normalized spacial score (nSPS) is 26.1. The van der Waals surface area contributed by atoms with Gasteiger partial charge in [-0.3, -0.25) is 0 Å². The van der Waals surface area contributed by atoms with Gasteiger partial charge >= 0.3 is 0 Å². The van der Waals surface area contributed by atoms with Gasteiger partial charge in [0.05, 0.1) is 28.3 Å². The van der Waals surface area contributed by atoms with Crippen LogP contribution in [-0.4, -0.2) is 33.5 Å². The second-order valence-electron chi connectivity index (χ2n) is 7.68. The number of nitrogen functional groups attached to an aromatic ring is 1. The summed E-state index contributed by atoms with van der Waals surface area (Å²) < 4.78 is 30.4. The van der Waals surface area contributed by atoms with Crippen molar-refractivity contribution in [1.29, 1.82) is 5.26 Å². The molecule has 0 spiro atoms. The van der Waals surface area contributed by atoms with Crippen molar-refractivity contribution in [3.63, 3.8) is 0 Å². The smallest absolute Gasteiger partial charge is 0.241 e. The van der Waals surface area contributed by atoms with Crippen molar-refractivity contribution < 1.29 is 8.42 Å². The maximum Gasteiger partial charge on any atom is 0.241 e. The molecule has 3 fully saturated rings. The predicted octanol–water partition coefficient (Wildman–Crippen LogP) is 1.49. The molecule has 9 nitrogen and oxygen atoms in total. The Morgan fingerprint density at radius 3 is 2.82 bits per heavy atom. The maximum atomic E-state index is 13.0. The Morgan fingerprint density at radius 1 is 1.25 bits per heavy atom. The lowest BCUT2D eigenvalue weighted by Crippen LogP contribution is -2.55. The number of nitrogens with zero attached hydrogens (tertiary/aromatic N) is 5. The monoisotopic (exact) mass is 395 g/mol. The van der Waals surface area contributed by atoms with Crippen molar-refractivity contribution in [1.82, 2.24) is 24.3 Å². The zero-order chi connectivity index (χ0) is 19.6. The number of nitrogens with one attached hydrogen (secondary N) is 1. The van der Waals surface area contributed by atoms with Gasteiger partial charge in [0, 0.05) is 11.1 Å². The molecule has 28 heavy (non-hydrogen) atoms. The summed E-state index contributed by atoms with van der Waals surface area (Å²) in [7, 11) is -3.72. The minimum absolute atomic E-state index is 0.165. The molecule has 3 N–H and O–H groups in total. The van der Waals surface area contributed by atoms with Crippen molar-refractivity contribution in [2.45, 2.75) is 36.1 Å². The molecule has 0 atom stereocenters. The third-order valence-corrected chi connectivity index (χ3v) is 7.37. The van der Waals surface area contributed by atoms with Gasteiger partial charge in [-0.2, -0.15) is 10.4 Å². The Hall–Kier alpha value is -3.03. The van der Waals surface area contributed by atoms with E-state index in [4.69, 9.17) is 5.73 Å². The van der Waals surface area contributed by atoms with E-state index in [0.29, 0.717) is 36.2 Å². The standard InChI is InChI=1S/C18H17N7O2S/c19-10-17-4-5-18(8-17,9-17)24-28(26,27)13-3-1-2-12(6-13)14-7-21-16-15(20)22-11-23-25(14)16/h1-3,6-7,11,24H,4-5,8-9H2,(H2,20,22,23). The van der Waals surface area contributed by atoms with E-state index in [0.717, 1.165) is 6.42 Å². The van der Waals surface area contributed by atoms with Crippen molar-refractivity contribution in [3.05, 3.63) is 36.8 Å². The second kappa shape index (κ2) is 5.50. The third kappa shape index (κ3) is 2.40. The highest BCUT2D eigenvalue weighted by Gasteiger charge is 2.62. The first kappa shape index (κ1) is 17.1. The van der Waals surface area contributed by atoms with E-state index >= 15 is 0 Å². The lowest BCUT2D eigenvalue weighted by molar-refractivity contribution is 0.161. The Kier molecular flexibility index (Phi) is 3.36. The summed E-state index contributed by atoms with van der Waals surface area (Å²) in [5.41, 5.74) is 6.66. The van der Waals surface area contributed by atoms with Crippen LogP contribution in [0.25, 0.3) is 16.9 Å². The fraction of sp³-hybridized carbons (Fsp3) is 0.333. The molecule has 142 valence electrons. The van der Waals surface area contributed by atoms with Gasteiger partial charge in [-0.25, -0.2) is 27.6 Å². The quantitative estimate of drug-likeness (QED) is 0.682. The first-order chi connectivity index (χ1) is 13.4. The number of imidazole rings is 1. The van der Waals surface area contributed by atoms with Gasteiger partial charge in [0.2, 0.25) is 10.0 Å². The van der Waals surface area contributed by atoms with Crippen LogP contribution in [0.3, 0.4) is 0 Å². The van der Waals surface area contributed by atoms with E-state index in [-0.39, 0.29) is 16.1 Å². The van der Waals surface area contributed by atoms with E-state index in [9.17, 15) is 13.7 Å². The topological polar surface area (TPSA) is 139 Å². The zero-order valence-corrected chi connectivity index (χ0v) is 15.6. The van der Waals surface area contributed by atoms with Crippen LogP contribution in [0.5, 0.6) is 0 Å². The molecule has 0 amide bonds. The van der Waals surface area contributed by atoms with Crippen LogP contribution in [-0.2, 0) is 10.0 Å². The number of aromatic nitrogens is 4. The van der Waals surface area contributed by atoms with Crippen LogP contribution in [0, 0.1) is 16.7 Å². The van der Waals surface area contributed by atoms with E-state index in [1.807, 2.05) is 0 Å². The number of hydrogen-bond donors (Lipinski definition) is 2. The molecule has 2 aromatic heterocycles. The molecule has 0 saturated heterocycles. The molecule has 0 radical (unpaired) electrons. The molecular formula is C18H17N7O2S. The van der Waals surface area contributed by atoms with Gasteiger partial charge in [-0.05, 0) is 37.8 Å². The molecule has 6 rings (SSSR count). The summed E-state index contributed by atoms with van der Waals surface area (Å²) in [6.45, 7) is 0. The molecule has 1 aromatic carbocycles. The van der Waals surface area contributed by atoms with Crippen molar-refractivity contribution in [3.8, 4) is 17.3 Å². The van der Waals surface area contributed by atoms with Gasteiger partial charge < -0.3 is 5.73 Å². The van der Waals surface area contributed by atoms with Gasteiger partial charge in [-0.1, -0.05) is 12.1 Å². The van der Waals surface area contributed by atoms with Crippen LogP contribution in [0.2, 0.25) is 0 Å². The highest BCUT2D eigenvalue weighted by molar-refractivity contribution is 7.89. The fourth-order valence-corrected chi connectivity index (χ4v) is 6.01. The van der Waals surface area contributed by atoms with Crippen LogP contribution in [0.4, 0.5) is 5.82 Å². The Labute approximate surface area is 161 Å². The van der Waals surface area contributed by atoms with Crippen molar-refractivity contribution in [2.24, 2.45) is 5.41 Å². The molecular weight excluding hydrogens is 378 g/mol. The highest BCUT2D eigenvalue weighted by Crippen LogP contribution is 2.61. The summed E-state index contributed by atoms with van der Waals surface area (Å²) >= 11 is 0. The summed E-state index contributed by atoms with van der Waals surface area (Å²) in [5, 5.41) is 13.4. The van der Waals surface area contributed by atoms with Gasteiger partial charge in [-0.15, -0.1) is 0 Å². The Balaban J connectivity index is 1.49. The minimum Gasteiger partial charge on any atom is -0.381 e. The SMILES string of the molecule is N#CC12CCC(NS(=O)(=O)c3cccc(-c4cnc5c(N)ncnn45)c3)(C1)C2. The average molecular weight is 395 g/mol. The van der Waals surface area contributed by atoms with Crippen molar-refractivity contribution in [2.75, 3.05) is 5.73 Å². The summed E-state index contributed by atoms with van der Waals surface area (Å²) in [6.07, 6.45) is 5.52. The number of rotatable bonds is 4. The van der Waals surface area contributed by atoms with Gasteiger partial charge in [0.25, 0.3) is 0 Å². The molecule has 3 saturated carbocycles. The lowest BCUT2D eigenvalue weighted by atomic mass is 9.66. The number of hydrogen-bond acceptors (Lipinski definition) is 7. The molecule has 3 aromatic rings. The average Bonchev–Trinajstić information content (AvgIpc) is 3.33. The van der Waals surface area contributed by atoms with E-state index in [1.54, 1.807) is 30.5 Å². The molecule has 2 heterocycles. The van der Waals surface area contributed by atoms with Crippen LogP contribution in [0.1, 0.15) is 25.7 Å². The highest BCUT2D eigenvalue weighted by atomic mass is 32.2. The number of fused-ring (bicyclic) bond motifs is 2. The molecule has 0 aliphatic heterocycles. The third-order valence-electron chi connectivity index (χ3n) is 5.79. The van der Waals surface area contributed by atoms with Crippen molar-refractivity contribution >= 4 is 21.5 Å². The van der Waals surface area contributed by atoms with Crippen LogP contribution >= 0.6 is 0 Å². The molecule has 3 aliphatic rings. The first-order valence-electron chi connectivity index (χ1n) is 8.85. The van der Waals surface area contributed by atoms with E-state index in [2.05, 4.69) is 25.9 Å². The summed E-state index contributed by atoms with van der Waals surface area (Å²) in [5.74, 6) is 0.248. The number of anilines is 1. The largest absolute Gasteiger partial charge is 0.381 e. The molecule has 2 bridgehead atoms. The van der Waals surface area contributed by atoms with Gasteiger partial charge in [0.1, 0.15) is 6.33 Å². The minimum atomic E-state index is -3.72. The number of benzene rings is 1. The zero-order valence-electron chi connectivity index (χ0n) is 14.8. The van der Waals surface area contributed by atoms with E-state index < -0.39 is 15.6 Å². The predicted molar refractivity (Wildman–Crippen MR) is 100 cm³/mol. The Morgan fingerprint density at radius 2 is 2.07 bits per heavy atom. The van der Waals surface area contributed by atoms with Gasteiger partial charge in [0.15, 0.2) is 11.5 Å². The number of nitriles is 1. The molecule has 3 aliphatic carbocycles. The number of nitrogens with two attached hydrogens (primary N) is 1. The van der Waals surface area contributed by atoms with E-state index in [1.165, 1.54) is 10.8 Å². The Bertz CT molecular complexity index is 1250.